The van der Waals surface area contributed by atoms with Gasteiger partial charge in [-0.2, -0.15) is 4.98 Å². The average Bonchev–Trinajstić information content (AvgIpc) is 3.54. The fourth-order valence-electron chi connectivity index (χ4n) is 3.21. The zero-order valence-corrected chi connectivity index (χ0v) is 18.7. The van der Waals surface area contributed by atoms with E-state index in [-0.39, 0.29) is 37.5 Å². The van der Waals surface area contributed by atoms with Crippen LogP contribution in [-0.2, 0) is 0 Å². The smallest absolute Gasteiger partial charge is 0.316 e. The van der Waals surface area contributed by atoms with Crippen LogP contribution in [0.5, 0.6) is 28.7 Å². The maximum atomic E-state index is 12.5. The summed E-state index contributed by atoms with van der Waals surface area (Å²) >= 11 is 0. The van der Waals surface area contributed by atoms with Gasteiger partial charge in [-0.25, -0.2) is 0 Å². The Hall–Kier alpha value is -4.48. The maximum Gasteiger partial charge on any atom is 0.316 e. The minimum atomic E-state index is -0.568. The first-order chi connectivity index (χ1) is 16.5. The number of nitrogens with one attached hydrogen (secondary N) is 2. The molecule has 2 N–H and O–H groups in total. The van der Waals surface area contributed by atoms with Crippen LogP contribution in [0.25, 0.3) is 11.4 Å². The summed E-state index contributed by atoms with van der Waals surface area (Å²) in [6, 6.07) is 8.23. The summed E-state index contributed by atoms with van der Waals surface area (Å²) in [6.45, 7) is 0.440. The molecule has 0 saturated heterocycles. The third-order valence-corrected chi connectivity index (χ3v) is 4.87. The van der Waals surface area contributed by atoms with E-state index in [0.29, 0.717) is 39.9 Å². The zero-order valence-electron chi connectivity index (χ0n) is 18.7. The lowest BCUT2D eigenvalue weighted by molar-refractivity contribution is 0.0898. The van der Waals surface area contributed by atoms with E-state index < -0.39 is 5.91 Å². The summed E-state index contributed by atoms with van der Waals surface area (Å²) in [7, 11) is 4.40. The molecule has 0 unspecified atom stereocenters. The fraction of sp³-hybridized carbons (Fsp3) is 0.273. The monoisotopic (exact) mass is 470 g/mol. The number of carbonyl (C=O) groups is 2. The second-order valence-corrected chi connectivity index (χ2v) is 6.92. The Morgan fingerprint density at radius 3 is 2.26 bits per heavy atom. The molecule has 0 atom stereocenters. The Kier molecular flexibility index (Phi) is 6.67. The number of methoxy groups -OCH3 is 3. The highest BCUT2D eigenvalue weighted by molar-refractivity contribution is 5.95. The molecule has 0 bridgehead atoms. The van der Waals surface area contributed by atoms with Gasteiger partial charge >= 0.3 is 11.8 Å². The van der Waals surface area contributed by atoms with Gasteiger partial charge in [0.25, 0.3) is 5.91 Å². The summed E-state index contributed by atoms with van der Waals surface area (Å²) in [4.78, 5) is 28.9. The minimum absolute atomic E-state index is 0.136. The standard InChI is InChI=1S/C22H22N4O8/c1-29-16-9-13(10-17(30-2)18(16)31-3)20(27)23-6-7-24-21(28)22-25-19(26-34-22)12-4-5-14-15(8-12)33-11-32-14/h4-5,8-10H,6-7,11H2,1-3H3,(H,23,27)(H,24,28). The lowest BCUT2D eigenvalue weighted by atomic mass is 10.1. The number of aromatic nitrogens is 2. The topological polar surface area (TPSA) is 143 Å². The first kappa shape index (κ1) is 22.7. The molecular formula is C22H22N4O8. The number of rotatable bonds is 9. The predicted molar refractivity (Wildman–Crippen MR) is 117 cm³/mol. The Morgan fingerprint density at radius 2 is 1.59 bits per heavy atom. The fourth-order valence-corrected chi connectivity index (χ4v) is 3.21. The lowest BCUT2D eigenvalue weighted by Gasteiger charge is -2.14. The highest BCUT2D eigenvalue weighted by Gasteiger charge is 2.20. The number of hydrogen-bond donors (Lipinski definition) is 2. The van der Waals surface area contributed by atoms with Crippen LogP contribution in [0.4, 0.5) is 0 Å². The first-order valence-electron chi connectivity index (χ1n) is 10.1. The molecule has 1 aliphatic rings. The Bertz CT molecular complexity index is 1180. The van der Waals surface area contributed by atoms with Gasteiger partial charge in [0.1, 0.15) is 0 Å². The normalized spacial score (nSPS) is 11.6. The lowest BCUT2D eigenvalue weighted by Crippen LogP contribution is -2.34. The van der Waals surface area contributed by atoms with Crippen LogP contribution in [-0.4, -0.2) is 63.2 Å². The molecule has 0 fully saturated rings. The van der Waals surface area contributed by atoms with Crippen molar-refractivity contribution in [1.82, 2.24) is 20.8 Å². The van der Waals surface area contributed by atoms with Crippen molar-refractivity contribution in [1.29, 1.82) is 0 Å². The highest BCUT2D eigenvalue weighted by Crippen LogP contribution is 2.38. The summed E-state index contributed by atoms with van der Waals surface area (Å²) < 4.78 is 31.4. The Morgan fingerprint density at radius 1 is 0.912 bits per heavy atom. The quantitative estimate of drug-likeness (QED) is 0.443. The predicted octanol–water partition coefficient (Wildman–Crippen LogP) is 1.65. The van der Waals surface area contributed by atoms with Gasteiger partial charge in [-0.05, 0) is 30.3 Å². The van der Waals surface area contributed by atoms with E-state index in [2.05, 4.69) is 20.8 Å². The zero-order chi connectivity index (χ0) is 24.1. The highest BCUT2D eigenvalue weighted by atomic mass is 16.7. The van der Waals surface area contributed by atoms with Crippen molar-refractivity contribution in [3.63, 3.8) is 0 Å². The van der Waals surface area contributed by atoms with Crippen LogP contribution in [0.1, 0.15) is 21.0 Å². The third-order valence-electron chi connectivity index (χ3n) is 4.87. The van der Waals surface area contributed by atoms with Crippen molar-refractivity contribution in [2.24, 2.45) is 0 Å². The van der Waals surface area contributed by atoms with Gasteiger partial charge < -0.3 is 38.8 Å². The number of benzene rings is 2. The molecule has 178 valence electrons. The Labute approximate surface area is 194 Å². The molecule has 2 heterocycles. The summed E-state index contributed by atoms with van der Waals surface area (Å²) in [6.07, 6.45) is 0. The van der Waals surface area contributed by atoms with Crippen molar-refractivity contribution in [3.05, 3.63) is 41.8 Å². The first-order valence-corrected chi connectivity index (χ1v) is 10.1. The molecule has 0 aliphatic carbocycles. The van der Waals surface area contributed by atoms with E-state index in [0.717, 1.165) is 0 Å². The molecule has 12 heteroatoms. The third kappa shape index (κ3) is 4.65. The van der Waals surface area contributed by atoms with Gasteiger partial charge in [-0.1, -0.05) is 5.16 Å². The van der Waals surface area contributed by atoms with Crippen molar-refractivity contribution >= 4 is 11.8 Å². The van der Waals surface area contributed by atoms with E-state index in [4.69, 9.17) is 28.2 Å². The number of ether oxygens (including phenoxy) is 5. The van der Waals surface area contributed by atoms with Gasteiger partial charge in [0.2, 0.25) is 18.4 Å². The minimum Gasteiger partial charge on any atom is -0.493 e. The van der Waals surface area contributed by atoms with Crippen molar-refractivity contribution in [2.45, 2.75) is 0 Å². The van der Waals surface area contributed by atoms with Crippen LogP contribution < -0.4 is 34.3 Å². The van der Waals surface area contributed by atoms with Gasteiger partial charge in [0.15, 0.2) is 23.0 Å². The molecule has 0 spiro atoms. The van der Waals surface area contributed by atoms with Crippen LogP contribution in [0, 0.1) is 0 Å². The number of fused-ring (bicyclic) bond motifs is 1. The number of amides is 2. The van der Waals surface area contributed by atoms with Crippen LogP contribution in [0.3, 0.4) is 0 Å². The van der Waals surface area contributed by atoms with Crippen molar-refractivity contribution < 1.29 is 37.8 Å². The molecular weight excluding hydrogens is 448 g/mol. The molecule has 1 aromatic heterocycles. The average molecular weight is 470 g/mol. The molecule has 1 aliphatic heterocycles. The van der Waals surface area contributed by atoms with Gasteiger partial charge in [0.05, 0.1) is 21.3 Å². The van der Waals surface area contributed by atoms with E-state index in [1.807, 2.05) is 0 Å². The van der Waals surface area contributed by atoms with Gasteiger partial charge in [0, 0.05) is 24.2 Å². The molecule has 0 saturated carbocycles. The maximum absolute atomic E-state index is 12.5. The van der Waals surface area contributed by atoms with Crippen LogP contribution in [0.2, 0.25) is 0 Å². The molecule has 2 amide bonds. The second kappa shape index (κ2) is 9.98. The van der Waals surface area contributed by atoms with E-state index in [1.54, 1.807) is 18.2 Å². The van der Waals surface area contributed by atoms with Crippen molar-refractivity contribution in [2.75, 3.05) is 41.2 Å². The van der Waals surface area contributed by atoms with Crippen LogP contribution in [0.15, 0.2) is 34.9 Å². The van der Waals surface area contributed by atoms with Gasteiger partial charge in [-0.15, -0.1) is 0 Å². The molecule has 12 nitrogen and oxygen atoms in total. The van der Waals surface area contributed by atoms with Gasteiger partial charge in [-0.3, -0.25) is 9.59 Å². The number of hydrogen-bond acceptors (Lipinski definition) is 10. The summed E-state index contributed by atoms with van der Waals surface area (Å²) in [5.74, 6) is 1.37. The van der Waals surface area contributed by atoms with Crippen LogP contribution >= 0.6 is 0 Å². The van der Waals surface area contributed by atoms with E-state index in [1.165, 1.54) is 33.5 Å². The molecule has 0 radical (unpaired) electrons. The largest absolute Gasteiger partial charge is 0.493 e. The van der Waals surface area contributed by atoms with E-state index >= 15 is 0 Å². The summed E-state index contributed by atoms with van der Waals surface area (Å²) in [5.41, 5.74) is 0.927. The number of carbonyl (C=O) groups excluding carboxylic acids is 2. The summed E-state index contributed by atoms with van der Waals surface area (Å²) in [5, 5.41) is 9.14. The molecule has 34 heavy (non-hydrogen) atoms. The Balaban J connectivity index is 1.31. The molecule has 3 aromatic rings. The number of nitrogens with zero attached hydrogens (tertiary/aromatic N) is 2. The van der Waals surface area contributed by atoms with Crippen molar-refractivity contribution in [3.8, 4) is 40.1 Å². The SMILES string of the molecule is COc1cc(C(=O)NCCNC(=O)c2nc(-c3ccc4c(c3)OCO4)no2)cc(OC)c1OC. The molecule has 4 rings (SSSR count). The van der Waals surface area contributed by atoms with E-state index in [9.17, 15) is 9.59 Å². The molecule has 2 aromatic carbocycles. The second-order valence-electron chi connectivity index (χ2n) is 6.92.